The minimum absolute atomic E-state index is 0.387. The number of halogens is 3. The Morgan fingerprint density at radius 1 is 1.03 bits per heavy atom. The van der Waals surface area contributed by atoms with Crippen molar-refractivity contribution in [2.45, 2.75) is 12.6 Å². The second-order valence-electron chi connectivity index (χ2n) is 6.61. The van der Waals surface area contributed by atoms with Gasteiger partial charge in [-0.05, 0) is 47.5 Å². The summed E-state index contributed by atoms with van der Waals surface area (Å²) in [6, 6.07) is 16.5. The van der Waals surface area contributed by atoms with E-state index < -0.39 is 11.7 Å². The van der Waals surface area contributed by atoms with Gasteiger partial charge in [-0.2, -0.15) is 18.3 Å². The normalized spacial score (nSPS) is 11.6. The molecule has 0 unspecified atom stereocenters. The smallest absolute Gasteiger partial charge is 0.356 e. The van der Waals surface area contributed by atoms with E-state index in [1.54, 1.807) is 23.0 Å². The second kappa shape index (κ2) is 7.43. The van der Waals surface area contributed by atoms with Crippen LogP contribution in [0.4, 0.5) is 18.9 Å². The fourth-order valence-electron chi connectivity index (χ4n) is 3.05. The third-order valence-corrected chi connectivity index (χ3v) is 4.46. The molecule has 0 fully saturated rings. The number of aromatic nitrogens is 3. The summed E-state index contributed by atoms with van der Waals surface area (Å²) in [6.45, 7) is 3.88. The van der Waals surface area contributed by atoms with Gasteiger partial charge < -0.3 is 5.32 Å². The monoisotopic (exact) mass is 394 g/mol. The van der Waals surface area contributed by atoms with Crippen LogP contribution < -0.4 is 5.32 Å². The van der Waals surface area contributed by atoms with Crippen LogP contribution in [-0.2, 0) is 12.6 Å². The van der Waals surface area contributed by atoms with E-state index in [-0.39, 0.29) is 0 Å². The molecule has 4 nitrogen and oxygen atoms in total. The standard InChI is InChI=1S/C22H17F3N4/c1-15(17-5-3-6-18(14-17)22(23,24)25)27-19-7-2-4-16(12-19)13-20-8-9-21-26-10-11-29(21)28-20/h2-12,14,27H,1,13H2. The number of imidazole rings is 1. The minimum atomic E-state index is -4.39. The lowest BCUT2D eigenvalue weighted by atomic mass is 10.1. The molecule has 2 aromatic heterocycles. The molecule has 0 atom stereocenters. The van der Waals surface area contributed by atoms with Gasteiger partial charge in [0.1, 0.15) is 0 Å². The summed E-state index contributed by atoms with van der Waals surface area (Å²) in [7, 11) is 0. The topological polar surface area (TPSA) is 42.2 Å². The fourth-order valence-corrected chi connectivity index (χ4v) is 3.05. The lowest BCUT2D eigenvalue weighted by molar-refractivity contribution is -0.137. The Bertz CT molecular complexity index is 1180. The molecule has 1 N–H and O–H groups in total. The Labute approximate surface area is 165 Å². The molecule has 0 saturated heterocycles. The molecule has 4 aromatic rings. The summed E-state index contributed by atoms with van der Waals surface area (Å²) in [5.41, 5.74) is 3.50. The average molecular weight is 394 g/mol. The number of hydrogen-bond acceptors (Lipinski definition) is 3. The Hall–Kier alpha value is -3.61. The van der Waals surface area contributed by atoms with Gasteiger partial charge in [0.15, 0.2) is 5.65 Å². The van der Waals surface area contributed by atoms with Gasteiger partial charge in [-0.25, -0.2) is 9.50 Å². The number of nitrogens with zero attached hydrogens (tertiary/aromatic N) is 3. The number of fused-ring (bicyclic) bond motifs is 1. The maximum absolute atomic E-state index is 12.9. The van der Waals surface area contributed by atoms with Crippen LogP contribution in [-0.4, -0.2) is 14.6 Å². The van der Waals surface area contributed by atoms with Gasteiger partial charge in [-0.3, -0.25) is 0 Å². The van der Waals surface area contributed by atoms with E-state index >= 15 is 0 Å². The number of rotatable bonds is 5. The van der Waals surface area contributed by atoms with E-state index in [9.17, 15) is 13.2 Å². The number of hydrogen-bond donors (Lipinski definition) is 1. The highest BCUT2D eigenvalue weighted by molar-refractivity contribution is 5.75. The molecule has 0 aliphatic heterocycles. The van der Waals surface area contributed by atoms with Crippen molar-refractivity contribution in [3.63, 3.8) is 0 Å². The zero-order valence-corrected chi connectivity index (χ0v) is 15.3. The highest BCUT2D eigenvalue weighted by Crippen LogP contribution is 2.31. The van der Waals surface area contributed by atoms with Crippen molar-refractivity contribution in [1.82, 2.24) is 14.6 Å². The van der Waals surface area contributed by atoms with Crippen LogP contribution in [0, 0.1) is 0 Å². The van der Waals surface area contributed by atoms with Crippen molar-refractivity contribution in [1.29, 1.82) is 0 Å². The van der Waals surface area contributed by atoms with Crippen LogP contribution in [0.2, 0.25) is 0 Å². The SMILES string of the molecule is C=C(Nc1cccc(Cc2ccc3nccn3n2)c1)c1cccc(C(F)(F)F)c1. The van der Waals surface area contributed by atoms with E-state index in [0.717, 1.165) is 34.7 Å². The van der Waals surface area contributed by atoms with Crippen molar-refractivity contribution in [3.8, 4) is 0 Å². The summed E-state index contributed by atoms with van der Waals surface area (Å²) < 4.78 is 40.5. The number of nitrogens with one attached hydrogen (secondary N) is 1. The molecule has 29 heavy (non-hydrogen) atoms. The van der Waals surface area contributed by atoms with Crippen molar-refractivity contribution >= 4 is 17.0 Å². The van der Waals surface area contributed by atoms with E-state index in [1.165, 1.54) is 6.07 Å². The predicted octanol–water partition coefficient (Wildman–Crippen LogP) is 5.42. The number of anilines is 1. The fraction of sp³-hybridized carbons (Fsp3) is 0.0909. The van der Waals surface area contributed by atoms with Gasteiger partial charge >= 0.3 is 6.18 Å². The molecule has 0 radical (unpaired) electrons. The summed E-state index contributed by atoms with van der Waals surface area (Å²) in [5.74, 6) is 0. The lowest BCUT2D eigenvalue weighted by Crippen LogP contribution is -2.06. The van der Waals surface area contributed by atoms with Crippen LogP contribution in [0.15, 0.2) is 79.6 Å². The van der Waals surface area contributed by atoms with Crippen LogP contribution in [0.1, 0.15) is 22.4 Å². The molecule has 0 saturated carbocycles. The Balaban J connectivity index is 1.50. The third kappa shape index (κ3) is 4.29. The third-order valence-electron chi connectivity index (χ3n) is 4.46. The molecule has 0 spiro atoms. The van der Waals surface area contributed by atoms with E-state index in [0.29, 0.717) is 17.7 Å². The van der Waals surface area contributed by atoms with Gasteiger partial charge in [-0.15, -0.1) is 0 Å². The molecular weight excluding hydrogens is 377 g/mol. The highest BCUT2D eigenvalue weighted by Gasteiger charge is 2.30. The largest absolute Gasteiger partial charge is 0.416 e. The first kappa shape index (κ1) is 18.7. The first-order chi connectivity index (χ1) is 13.9. The van der Waals surface area contributed by atoms with Gasteiger partial charge in [0.05, 0.1) is 11.3 Å². The minimum Gasteiger partial charge on any atom is -0.356 e. The molecule has 0 aliphatic rings. The molecule has 7 heteroatoms. The summed E-state index contributed by atoms with van der Waals surface area (Å²) in [5, 5.41) is 7.60. The first-order valence-corrected chi connectivity index (χ1v) is 8.90. The maximum Gasteiger partial charge on any atom is 0.416 e. The van der Waals surface area contributed by atoms with E-state index in [4.69, 9.17) is 0 Å². The maximum atomic E-state index is 12.9. The molecule has 0 amide bonds. The average Bonchev–Trinajstić information content (AvgIpc) is 3.15. The van der Waals surface area contributed by atoms with Crippen molar-refractivity contribution < 1.29 is 13.2 Å². The number of benzene rings is 2. The zero-order valence-electron chi connectivity index (χ0n) is 15.3. The molecule has 2 aromatic carbocycles. The van der Waals surface area contributed by atoms with Crippen molar-refractivity contribution in [3.05, 3.63) is 102 Å². The molecule has 146 valence electrons. The van der Waals surface area contributed by atoms with Crippen LogP contribution in [0.25, 0.3) is 11.3 Å². The predicted molar refractivity (Wildman–Crippen MR) is 106 cm³/mol. The summed E-state index contributed by atoms with van der Waals surface area (Å²) in [6.07, 6.45) is -0.300. The van der Waals surface area contributed by atoms with Gasteiger partial charge in [0.25, 0.3) is 0 Å². The Morgan fingerprint density at radius 2 is 1.86 bits per heavy atom. The van der Waals surface area contributed by atoms with Crippen LogP contribution in [0.5, 0.6) is 0 Å². The summed E-state index contributed by atoms with van der Waals surface area (Å²) in [4.78, 5) is 4.17. The van der Waals surface area contributed by atoms with Crippen molar-refractivity contribution in [2.24, 2.45) is 0 Å². The molecule has 2 heterocycles. The van der Waals surface area contributed by atoms with Gasteiger partial charge in [0, 0.05) is 30.2 Å². The van der Waals surface area contributed by atoms with Crippen molar-refractivity contribution in [2.75, 3.05) is 5.32 Å². The Kier molecular flexibility index (Phi) is 4.80. The van der Waals surface area contributed by atoms with Gasteiger partial charge in [0.2, 0.25) is 0 Å². The molecule has 0 aliphatic carbocycles. The van der Waals surface area contributed by atoms with Gasteiger partial charge in [-0.1, -0.05) is 30.8 Å². The number of alkyl halides is 3. The quantitative estimate of drug-likeness (QED) is 0.491. The molecule has 0 bridgehead atoms. The lowest BCUT2D eigenvalue weighted by Gasteiger charge is -2.13. The van der Waals surface area contributed by atoms with Crippen LogP contribution in [0.3, 0.4) is 0 Å². The van der Waals surface area contributed by atoms with E-state index in [1.807, 2.05) is 36.4 Å². The van der Waals surface area contributed by atoms with Crippen LogP contribution >= 0.6 is 0 Å². The molecular formula is C22H17F3N4. The highest BCUT2D eigenvalue weighted by atomic mass is 19.4. The Morgan fingerprint density at radius 3 is 2.69 bits per heavy atom. The van der Waals surface area contributed by atoms with E-state index in [2.05, 4.69) is 22.0 Å². The summed E-state index contributed by atoms with van der Waals surface area (Å²) >= 11 is 0. The molecule has 4 rings (SSSR count). The second-order valence-corrected chi connectivity index (χ2v) is 6.61. The first-order valence-electron chi connectivity index (χ1n) is 8.90. The zero-order chi connectivity index (χ0) is 20.4.